The average molecular weight is 685 g/mol. The monoisotopic (exact) mass is 685 g/mol. The van der Waals surface area contributed by atoms with Crippen LogP contribution in [0.25, 0.3) is 42.2 Å². The quantitative estimate of drug-likeness (QED) is 0.115. The fraction of sp³-hybridized carbons (Fsp3) is 0.250. The van der Waals surface area contributed by atoms with Gasteiger partial charge in [0.2, 0.25) is 0 Å². The van der Waals surface area contributed by atoms with Crippen molar-refractivity contribution in [1.82, 2.24) is 4.98 Å². The van der Waals surface area contributed by atoms with E-state index in [4.69, 9.17) is 10.1 Å². The molecule has 0 aliphatic heterocycles. The van der Waals surface area contributed by atoms with E-state index in [0.717, 1.165) is 11.3 Å². The number of hydrogen-bond acceptors (Lipinski definition) is 4. The van der Waals surface area contributed by atoms with Crippen molar-refractivity contribution in [3.05, 3.63) is 89.8 Å². The Morgan fingerprint density at radius 1 is 0.973 bits per heavy atom. The Balaban J connectivity index is 0.000000356. The summed E-state index contributed by atoms with van der Waals surface area (Å²) in [5.74, 6) is 1.25. The molecule has 3 nitrogen and oxygen atoms in total. The fourth-order valence-corrected chi connectivity index (χ4v) is 6.40. The number of rotatable bonds is 2. The number of pyridine rings is 1. The van der Waals surface area contributed by atoms with Gasteiger partial charge >= 0.3 is 0 Å². The van der Waals surface area contributed by atoms with Crippen LogP contribution in [0, 0.1) is 6.07 Å². The van der Waals surface area contributed by atoms with Gasteiger partial charge in [0.05, 0.1) is 5.76 Å². The van der Waals surface area contributed by atoms with Gasteiger partial charge in [-0.25, -0.2) is 0 Å². The molecule has 2 aromatic heterocycles. The van der Waals surface area contributed by atoms with Crippen LogP contribution in [0.15, 0.2) is 72.6 Å². The van der Waals surface area contributed by atoms with Crippen LogP contribution in [-0.4, -0.2) is 15.9 Å². The number of carbonyl (C=O) groups excluding carboxylic acids is 1. The molecule has 0 amide bonds. The maximum Gasteiger partial charge on any atom is 0.155 e. The van der Waals surface area contributed by atoms with E-state index in [1.165, 1.54) is 63.7 Å². The molecule has 1 radical (unpaired) electrons. The number of carbonyl (C=O) groups is 1. The van der Waals surface area contributed by atoms with E-state index in [0.29, 0.717) is 11.8 Å². The number of fused-ring (bicyclic) bond motifs is 5. The molecule has 37 heavy (non-hydrogen) atoms. The molecule has 0 bridgehead atoms. The Kier molecular flexibility index (Phi) is 8.28. The van der Waals surface area contributed by atoms with Gasteiger partial charge in [-0.05, 0) is 90.4 Å². The van der Waals surface area contributed by atoms with Gasteiger partial charge in [0.25, 0.3) is 0 Å². The van der Waals surface area contributed by atoms with Gasteiger partial charge in [-0.2, -0.15) is 0 Å². The van der Waals surface area contributed by atoms with Gasteiger partial charge in [-0.3, -0.25) is 4.79 Å². The number of aromatic nitrogens is 1. The van der Waals surface area contributed by atoms with E-state index >= 15 is 0 Å². The summed E-state index contributed by atoms with van der Waals surface area (Å²) in [4.78, 5) is 14.7. The van der Waals surface area contributed by atoms with Crippen molar-refractivity contribution >= 4 is 48.1 Å². The molecule has 6 rings (SSSR count). The van der Waals surface area contributed by atoms with Crippen molar-refractivity contribution in [1.29, 1.82) is 0 Å². The summed E-state index contributed by atoms with van der Waals surface area (Å²) in [6, 6.07) is 23.3. The third-order valence-electron chi connectivity index (χ3n) is 7.03. The second-order valence-corrected chi connectivity index (χ2v) is 10.9. The van der Waals surface area contributed by atoms with Crippen LogP contribution in [0.2, 0.25) is 0 Å². The van der Waals surface area contributed by atoms with Crippen molar-refractivity contribution < 1.29 is 30.0 Å². The summed E-state index contributed by atoms with van der Waals surface area (Å²) in [5, 5.41) is 13.6. The molecule has 0 fully saturated rings. The normalized spacial score (nSPS) is 17.1. The van der Waals surface area contributed by atoms with E-state index in [9.17, 15) is 4.79 Å². The molecule has 3 aromatic carbocycles. The van der Waals surface area contributed by atoms with Crippen LogP contribution in [0.1, 0.15) is 63.5 Å². The van der Waals surface area contributed by atoms with Crippen LogP contribution < -0.4 is 0 Å². The fourth-order valence-electron chi connectivity index (χ4n) is 5.23. The smallest absolute Gasteiger partial charge is 0.155 e. The molecule has 1 N–H and O–H groups in total. The molecule has 0 saturated heterocycles. The van der Waals surface area contributed by atoms with Crippen molar-refractivity contribution in [2.75, 3.05) is 0 Å². The molecular weight excluding hydrogens is 655 g/mol. The van der Waals surface area contributed by atoms with Crippen molar-refractivity contribution in [3.63, 3.8) is 0 Å². The molecular formula is C32H30IrNO2S-. The number of aliphatic hydroxyl groups is 1. The van der Waals surface area contributed by atoms with Crippen LogP contribution in [0.4, 0.5) is 0 Å². The molecule has 0 saturated carbocycles. The number of thiophene rings is 1. The van der Waals surface area contributed by atoms with E-state index in [1.807, 2.05) is 29.7 Å². The minimum Gasteiger partial charge on any atom is -0.512 e. The molecule has 191 valence electrons. The second-order valence-electron chi connectivity index (χ2n) is 9.86. The predicted molar refractivity (Wildman–Crippen MR) is 152 cm³/mol. The first-order valence-electron chi connectivity index (χ1n) is 12.5. The third-order valence-corrected chi connectivity index (χ3v) is 8.15. The Hall–Kier alpha value is -2.85. The number of benzene rings is 3. The van der Waals surface area contributed by atoms with Gasteiger partial charge in [0.1, 0.15) is 0 Å². The first-order chi connectivity index (χ1) is 17.3. The number of ketones is 1. The van der Waals surface area contributed by atoms with Gasteiger partial charge in [-0.1, -0.05) is 19.9 Å². The third kappa shape index (κ3) is 5.55. The van der Waals surface area contributed by atoms with Gasteiger partial charge in [0, 0.05) is 52.6 Å². The molecule has 1 aliphatic rings. The number of allylic oxidation sites excluding steroid dienone is 2. The van der Waals surface area contributed by atoms with Crippen molar-refractivity contribution in [2.45, 2.75) is 52.4 Å². The first kappa shape index (κ1) is 27.2. The van der Waals surface area contributed by atoms with Crippen LogP contribution in [0.3, 0.4) is 0 Å². The topological polar surface area (TPSA) is 50.2 Å². The van der Waals surface area contributed by atoms with Crippen molar-refractivity contribution in [2.24, 2.45) is 0 Å². The summed E-state index contributed by atoms with van der Waals surface area (Å²) in [5.41, 5.74) is 5.19. The minimum absolute atomic E-state index is 0. The summed E-state index contributed by atoms with van der Waals surface area (Å²) in [7, 11) is 0. The van der Waals surface area contributed by atoms with E-state index < -0.39 is 0 Å². The largest absolute Gasteiger partial charge is 0.512 e. The molecule has 5 heteroatoms. The van der Waals surface area contributed by atoms with Gasteiger partial charge in [0.15, 0.2) is 5.78 Å². The summed E-state index contributed by atoms with van der Waals surface area (Å²) >= 11 is 1.93. The molecule has 2 unspecified atom stereocenters. The second kappa shape index (κ2) is 11.3. The zero-order valence-electron chi connectivity index (χ0n) is 21.5. The van der Waals surface area contributed by atoms with Crippen LogP contribution in [-0.2, 0) is 24.9 Å². The molecule has 1 aliphatic carbocycles. The summed E-state index contributed by atoms with van der Waals surface area (Å²) in [6.07, 6.45) is 5.68. The first-order valence-corrected chi connectivity index (χ1v) is 13.3. The molecule has 2 atom stereocenters. The molecule has 5 aromatic rings. The zero-order valence-corrected chi connectivity index (χ0v) is 24.7. The SMILES string of the molecule is CC(=O)/C=C(/C)O.CC1CCC(C)c2cc3c(cc21)sc1cc2ccnc(-c4[c-]cccc4)c2cc13.[Ir]. The molecule has 0 spiro atoms. The maximum absolute atomic E-state index is 10.0. The Morgan fingerprint density at radius 2 is 1.65 bits per heavy atom. The Bertz CT molecular complexity index is 1620. The summed E-state index contributed by atoms with van der Waals surface area (Å²) in [6.45, 7) is 7.61. The van der Waals surface area contributed by atoms with Crippen LogP contribution >= 0.6 is 11.3 Å². The number of nitrogens with zero attached hydrogens (tertiary/aromatic N) is 1. The number of aliphatic hydroxyl groups excluding tert-OH is 1. The Morgan fingerprint density at radius 3 is 2.27 bits per heavy atom. The Labute approximate surface area is 235 Å². The van der Waals surface area contributed by atoms with E-state index in [-0.39, 0.29) is 31.6 Å². The van der Waals surface area contributed by atoms with Crippen LogP contribution in [0.5, 0.6) is 0 Å². The van der Waals surface area contributed by atoms with E-state index in [1.54, 1.807) is 11.1 Å². The van der Waals surface area contributed by atoms with Gasteiger partial charge in [-0.15, -0.1) is 47.2 Å². The minimum atomic E-state index is -0.125. The van der Waals surface area contributed by atoms with Gasteiger partial charge < -0.3 is 10.1 Å². The van der Waals surface area contributed by atoms with E-state index in [2.05, 4.69) is 62.4 Å². The maximum atomic E-state index is 10.0. The number of hydrogen-bond donors (Lipinski definition) is 1. The standard InChI is InChI=1S/C27H22NS.C5H8O2.Ir/c1-16-8-9-17(2)21-15-26-23(13-20(16)21)24-14-22-19(12-25(24)29-26)10-11-28-27(22)18-6-4-3-5-7-18;1-4(6)3-5(2)7;/h3-6,10-17H,8-9H2,1-2H3;3,6H,1-2H3;/q-1;;/b;4-3-;. The summed E-state index contributed by atoms with van der Waals surface area (Å²) < 4.78 is 2.78. The predicted octanol–water partition coefficient (Wildman–Crippen LogP) is 9.11. The average Bonchev–Trinajstić information content (AvgIpc) is 3.20. The van der Waals surface area contributed by atoms with Crippen molar-refractivity contribution in [3.8, 4) is 11.3 Å². The molecule has 2 heterocycles. The zero-order chi connectivity index (χ0) is 25.4.